The summed E-state index contributed by atoms with van der Waals surface area (Å²) in [5.74, 6) is -1.24. The topological polar surface area (TPSA) is 75.4 Å². The fourth-order valence-corrected chi connectivity index (χ4v) is 4.45. The zero-order chi connectivity index (χ0) is 22.0. The van der Waals surface area contributed by atoms with Gasteiger partial charge in [-0.25, -0.2) is 4.68 Å². The van der Waals surface area contributed by atoms with Crippen LogP contribution in [0.3, 0.4) is 0 Å². The molecule has 2 atom stereocenters. The van der Waals surface area contributed by atoms with Crippen LogP contribution in [-0.4, -0.2) is 44.9 Å². The van der Waals surface area contributed by atoms with E-state index in [0.717, 1.165) is 36.0 Å². The molecule has 1 saturated heterocycles. The summed E-state index contributed by atoms with van der Waals surface area (Å²) in [7, 11) is 0. The maximum absolute atomic E-state index is 13.2. The average molecular weight is 440 g/mol. The number of halogens is 1. The van der Waals surface area contributed by atoms with E-state index in [-0.39, 0.29) is 11.6 Å². The van der Waals surface area contributed by atoms with Gasteiger partial charge < -0.3 is 5.11 Å². The lowest BCUT2D eigenvalue weighted by atomic mass is 10.0. The molecule has 1 aliphatic heterocycles. The molecule has 6 nitrogen and oxygen atoms in total. The molecule has 7 heteroatoms. The second-order valence-electron chi connectivity index (χ2n) is 8.31. The molecule has 0 spiro atoms. The fourth-order valence-electron chi connectivity index (χ4n) is 4.33. The number of carboxylic acids is 1. The van der Waals surface area contributed by atoms with Gasteiger partial charge in [-0.3, -0.25) is 14.5 Å². The third-order valence-electron chi connectivity index (χ3n) is 6.04. The summed E-state index contributed by atoms with van der Waals surface area (Å²) in [5.41, 5.74) is 1.82. The lowest BCUT2D eigenvalue weighted by Crippen LogP contribution is -2.40. The molecule has 1 fully saturated rings. The maximum atomic E-state index is 13.2. The summed E-state index contributed by atoms with van der Waals surface area (Å²) >= 11 is 6.02. The minimum absolute atomic E-state index is 0.103. The van der Waals surface area contributed by atoms with Gasteiger partial charge in [0.05, 0.1) is 23.5 Å². The molecule has 1 aliphatic rings. The summed E-state index contributed by atoms with van der Waals surface area (Å²) in [6, 6.07) is 15.3. The summed E-state index contributed by atoms with van der Waals surface area (Å²) < 4.78 is 1.57. The van der Waals surface area contributed by atoms with Crippen LogP contribution in [0.15, 0.2) is 53.3 Å². The Balaban J connectivity index is 1.66. The van der Waals surface area contributed by atoms with E-state index in [2.05, 4.69) is 4.90 Å². The lowest BCUT2D eigenvalue weighted by Gasteiger charge is -2.26. The van der Waals surface area contributed by atoms with Crippen LogP contribution in [0.25, 0.3) is 10.8 Å². The molecule has 0 bridgehead atoms. The number of rotatable bonds is 7. The smallest absolute Gasteiger partial charge is 0.307 e. The predicted molar refractivity (Wildman–Crippen MR) is 122 cm³/mol. The fraction of sp³-hybridized carbons (Fsp3) is 0.375. The quantitative estimate of drug-likeness (QED) is 0.605. The molecule has 31 heavy (non-hydrogen) atoms. The van der Waals surface area contributed by atoms with Crippen molar-refractivity contribution in [2.45, 2.75) is 38.8 Å². The first-order valence-corrected chi connectivity index (χ1v) is 11.0. The number of benzene rings is 2. The molecule has 162 valence electrons. The second-order valence-corrected chi connectivity index (χ2v) is 8.75. The Morgan fingerprint density at radius 1 is 1.19 bits per heavy atom. The number of aliphatic carboxylic acids is 1. The Labute approximate surface area is 186 Å². The van der Waals surface area contributed by atoms with Crippen molar-refractivity contribution in [2.75, 3.05) is 13.1 Å². The summed E-state index contributed by atoms with van der Waals surface area (Å²) in [5, 5.41) is 16.2. The van der Waals surface area contributed by atoms with Gasteiger partial charge in [-0.1, -0.05) is 48.9 Å². The van der Waals surface area contributed by atoms with Crippen LogP contribution in [0.2, 0.25) is 5.02 Å². The molecule has 0 radical (unpaired) electrons. The molecule has 0 amide bonds. The van der Waals surface area contributed by atoms with Crippen LogP contribution in [0.4, 0.5) is 0 Å². The van der Waals surface area contributed by atoms with Crippen molar-refractivity contribution in [3.8, 4) is 0 Å². The molecule has 0 aliphatic carbocycles. The Bertz CT molecular complexity index is 1140. The van der Waals surface area contributed by atoms with Gasteiger partial charge in [0.25, 0.3) is 5.56 Å². The molecule has 2 aromatic carbocycles. The maximum Gasteiger partial charge on any atom is 0.307 e. The molecule has 1 unspecified atom stereocenters. The Morgan fingerprint density at radius 3 is 2.61 bits per heavy atom. The summed E-state index contributed by atoms with van der Waals surface area (Å²) in [6.45, 7) is 3.52. The van der Waals surface area contributed by atoms with Gasteiger partial charge in [0.15, 0.2) is 0 Å². The van der Waals surface area contributed by atoms with Crippen LogP contribution in [-0.2, 0) is 17.8 Å². The van der Waals surface area contributed by atoms with Crippen molar-refractivity contribution in [1.29, 1.82) is 0 Å². The normalized spacial score (nSPS) is 17.8. The van der Waals surface area contributed by atoms with E-state index in [0.29, 0.717) is 29.9 Å². The predicted octanol–water partition coefficient (Wildman–Crippen LogP) is 3.83. The van der Waals surface area contributed by atoms with E-state index in [1.54, 1.807) is 11.6 Å². The second kappa shape index (κ2) is 9.20. The molecule has 1 aromatic heterocycles. The third kappa shape index (κ3) is 4.81. The van der Waals surface area contributed by atoms with Crippen LogP contribution in [0.1, 0.15) is 31.0 Å². The number of carbonyl (C=O) groups is 1. The SMILES string of the molecule is CC(CN1CCC[C@@H]1Cn1nc(Cc2ccc(Cl)cc2)c2ccccc2c1=O)C(=O)O. The molecular weight excluding hydrogens is 414 g/mol. The number of fused-ring (bicyclic) bond motifs is 1. The highest BCUT2D eigenvalue weighted by molar-refractivity contribution is 6.30. The van der Waals surface area contributed by atoms with E-state index in [1.165, 1.54) is 0 Å². The van der Waals surface area contributed by atoms with Gasteiger partial charge in [0, 0.05) is 29.4 Å². The monoisotopic (exact) mass is 439 g/mol. The van der Waals surface area contributed by atoms with Gasteiger partial charge in [-0.15, -0.1) is 0 Å². The minimum Gasteiger partial charge on any atom is -0.481 e. The van der Waals surface area contributed by atoms with E-state index >= 15 is 0 Å². The van der Waals surface area contributed by atoms with Crippen molar-refractivity contribution >= 4 is 28.3 Å². The highest BCUT2D eigenvalue weighted by atomic mass is 35.5. The molecule has 2 heterocycles. The average Bonchev–Trinajstić information content (AvgIpc) is 3.19. The first kappa shape index (κ1) is 21.5. The first-order valence-electron chi connectivity index (χ1n) is 10.6. The van der Waals surface area contributed by atoms with E-state index in [9.17, 15) is 14.7 Å². The van der Waals surface area contributed by atoms with E-state index < -0.39 is 11.9 Å². The van der Waals surface area contributed by atoms with E-state index in [4.69, 9.17) is 16.7 Å². The van der Waals surface area contributed by atoms with Crippen molar-refractivity contribution in [3.63, 3.8) is 0 Å². The van der Waals surface area contributed by atoms with Gasteiger partial charge in [0.1, 0.15) is 0 Å². The van der Waals surface area contributed by atoms with Crippen molar-refractivity contribution in [2.24, 2.45) is 5.92 Å². The summed E-state index contributed by atoms with van der Waals surface area (Å²) in [4.78, 5) is 26.6. The minimum atomic E-state index is -0.795. The highest BCUT2D eigenvalue weighted by Gasteiger charge is 2.28. The van der Waals surface area contributed by atoms with Crippen molar-refractivity contribution < 1.29 is 9.90 Å². The Kier molecular flexibility index (Phi) is 6.39. The Hall–Kier alpha value is -2.70. The zero-order valence-electron chi connectivity index (χ0n) is 17.5. The number of nitrogens with zero attached hydrogens (tertiary/aromatic N) is 3. The number of hydrogen-bond acceptors (Lipinski definition) is 4. The molecular formula is C24H26ClN3O3. The van der Waals surface area contributed by atoms with Gasteiger partial charge in [0.2, 0.25) is 0 Å². The Morgan fingerprint density at radius 2 is 1.90 bits per heavy atom. The zero-order valence-corrected chi connectivity index (χ0v) is 18.3. The van der Waals surface area contributed by atoms with Crippen molar-refractivity contribution in [1.82, 2.24) is 14.7 Å². The number of hydrogen-bond donors (Lipinski definition) is 1. The van der Waals surface area contributed by atoms with Crippen LogP contribution in [0, 0.1) is 5.92 Å². The highest BCUT2D eigenvalue weighted by Crippen LogP contribution is 2.22. The molecule has 1 N–H and O–H groups in total. The van der Waals surface area contributed by atoms with Crippen LogP contribution in [0.5, 0.6) is 0 Å². The van der Waals surface area contributed by atoms with Crippen LogP contribution >= 0.6 is 11.6 Å². The van der Waals surface area contributed by atoms with Gasteiger partial charge in [-0.05, 0) is 43.1 Å². The number of aromatic nitrogens is 2. The standard InChI is InChI=1S/C24H26ClN3O3/c1-16(24(30)31)14-27-12-4-5-19(27)15-28-23(29)21-7-3-2-6-20(21)22(26-28)13-17-8-10-18(25)11-9-17/h2-3,6-11,16,19H,4-5,12-15H2,1H3,(H,30,31)/t16?,19-/m1/s1. The molecule has 3 aromatic rings. The van der Waals surface area contributed by atoms with Crippen molar-refractivity contribution in [3.05, 3.63) is 75.2 Å². The number of likely N-dealkylation sites (tertiary alicyclic amines) is 1. The van der Waals surface area contributed by atoms with Gasteiger partial charge in [-0.2, -0.15) is 5.10 Å². The summed E-state index contributed by atoms with van der Waals surface area (Å²) in [6.07, 6.45) is 2.53. The molecule has 4 rings (SSSR count). The van der Waals surface area contributed by atoms with Crippen LogP contribution < -0.4 is 5.56 Å². The lowest BCUT2D eigenvalue weighted by molar-refractivity contribution is -0.141. The molecule has 0 saturated carbocycles. The van der Waals surface area contributed by atoms with E-state index in [1.807, 2.05) is 48.5 Å². The first-order chi connectivity index (χ1) is 14.9. The number of carboxylic acid groups (broad SMARTS) is 1. The third-order valence-corrected chi connectivity index (χ3v) is 6.29. The largest absolute Gasteiger partial charge is 0.481 e. The van der Waals surface area contributed by atoms with Gasteiger partial charge >= 0.3 is 5.97 Å².